The second kappa shape index (κ2) is 6.28. The zero-order chi connectivity index (χ0) is 18.6. The zero-order valence-corrected chi connectivity index (χ0v) is 16.5. The molecule has 2 heteroatoms. The molecule has 3 saturated carbocycles. The summed E-state index contributed by atoms with van der Waals surface area (Å²) in [6.45, 7) is 2.26. The van der Waals surface area contributed by atoms with Crippen molar-refractivity contribution in [3.05, 3.63) is 29.3 Å². The van der Waals surface area contributed by atoms with Crippen molar-refractivity contribution in [2.75, 3.05) is 0 Å². The molecule has 0 spiro atoms. The van der Waals surface area contributed by atoms with E-state index >= 15 is 0 Å². The van der Waals surface area contributed by atoms with Gasteiger partial charge >= 0.3 is 0 Å². The van der Waals surface area contributed by atoms with Gasteiger partial charge in [0, 0.05) is 5.41 Å². The van der Waals surface area contributed by atoms with Crippen molar-refractivity contribution < 1.29 is 9.84 Å². The first-order chi connectivity index (χ1) is 13.0. The summed E-state index contributed by atoms with van der Waals surface area (Å²) in [6, 6.07) is 6.88. The number of hydrogen-bond donors (Lipinski definition) is 1. The van der Waals surface area contributed by atoms with E-state index in [1.54, 1.807) is 5.56 Å². The van der Waals surface area contributed by atoms with Gasteiger partial charge in [-0.3, -0.25) is 0 Å². The van der Waals surface area contributed by atoms with Gasteiger partial charge in [-0.25, -0.2) is 0 Å². The van der Waals surface area contributed by atoms with E-state index in [0.717, 1.165) is 37.9 Å². The molecule has 0 heterocycles. The van der Waals surface area contributed by atoms with Gasteiger partial charge in [0.05, 0.1) is 6.10 Å². The van der Waals surface area contributed by atoms with Gasteiger partial charge in [-0.05, 0) is 105 Å². The number of benzene rings is 1. The number of terminal acetylenes is 1. The van der Waals surface area contributed by atoms with E-state index in [4.69, 9.17) is 11.2 Å². The van der Waals surface area contributed by atoms with Gasteiger partial charge < -0.3 is 9.84 Å². The third-order valence-electron chi connectivity index (χ3n) is 8.69. The average molecular weight is 365 g/mol. The summed E-state index contributed by atoms with van der Waals surface area (Å²) in [4.78, 5) is 0. The summed E-state index contributed by atoms with van der Waals surface area (Å²) in [5.41, 5.74) is 2.04. The molecule has 2 nitrogen and oxygen atoms in total. The Morgan fingerprint density at radius 3 is 2.70 bits per heavy atom. The molecule has 5 rings (SSSR count). The first-order valence-electron chi connectivity index (χ1n) is 11.0. The van der Waals surface area contributed by atoms with E-state index in [0.29, 0.717) is 23.9 Å². The lowest BCUT2D eigenvalue weighted by Gasteiger charge is -2.52. The molecule has 4 aliphatic carbocycles. The molecule has 3 fully saturated rings. The minimum Gasteiger partial charge on any atom is -0.490 e. The molecule has 27 heavy (non-hydrogen) atoms. The topological polar surface area (TPSA) is 29.5 Å². The summed E-state index contributed by atoms with van der Waals surface area (Å²) >= 11 is 0. The van der Waals surface area contributed by atoms with Crippen molar-refractivity contribution in [3.8, 4) is 18.1 Å². The first-order valence-corrected chi connectivity index (χ1v) is 11.0. The average Bonchev–Trinajstić information content (AvgIpc) is 3.28. The highest BCUT2D eigenvalue weighted by Gasteiger charge is 2.61. The second-order valence-electron chi connectivity index (χ2n) is 9.80. The molecule has 0 saturated heterocycles. The molecular weight excluding hydrogens is 332 g/mol. The molecule has 0 bridgehead atoms. The van der Waals surface area contributed by atoms with Gasteiger partial charge in [-0.2, -0.15) is 0 Å². The smallest absolute Gasteiger partial charge is 0.130 e. The van der Waals surface area contributed by atoms with Crippen LogP contribution in [0.15, 0.2) is 18.2 Å². The summed E-state index contributed by atoms with van der Waals surface area (Å²) in [5.74, 6) is 5.70. The molecule has 0 aromatic heterocycles. The predicted molar refractivity (Wildman–Crippen MR) is 108 cm³/mol. The number of hydrogen-bond acceptors (Lipinski definition) is 2. The minimum atomic E-state index is -0.901. The molecule has 144 valence electrons. The Morgan fingerprint density at radius 1 is 1.11 bits per heavy atom. The van der Waals surface area contributed by atoms with Crippen LogP contribution in [0.5, 0.6) is 5.75 Å². The molecule has 0 aliphatic heterocycles. The molecule has 0 radical (unpaired) electrons. The molecule has 4 aliphatic rings. The molecule has 0 unspecified atom stereocenters. The van der Waals surface area contributed by atoms with Crippen molar-refractivity contribution in [1.29, 1.82) is 0 Å². The quantitative estimate of drug-likeness (QED) is 0.728. The zero-order valence-electron chi connectivity index (χ0n) is 16.5. The highest BCUT2D eigenvalue weighted by atomic mass is 16.5. The van der Waals surface area contributed by atoms with Crippen LogP contribution in [0.3, 0.4) is 0 Å². The van der Waals surface area contributed by atoms with E-state index in [9.17, 15) is 5.11 Å². The largest absolute Gasteiger partial charge is 0.490 e. The number of rotatable bonds is 2. The van der Waals surface area contributed by atoms with E-state index in [-0.39, 0.29) is 5.41 Å². The van der Waals surface area contributed by atoms with E-state index < -0.39 is 5.60 Å². The number of aryl methyl sites for hydroxylation is 1. The third kappa shape index (κ3) is 2.58. The summed E-state index contributed by atoms with van der Waals surface area (Å²) in [7, 11) is 0. The standard InChI is InChI=1S/C25H32O2/c1-3-25(26)15-13-23-22-10-8-17-16-19(27-18-6-4-5-7-18)9-11-20(17)21(22)12-14-24(23,25)2/h1,9,11,16,18,21-23,26H,4-8,10,12-15H2,2H3/t21-,22+,23-,24-,25-/m0/s1. The molecule has 0 amide bonds. The van der Waals surface area contributed by atoms with Gasteiger partial charge in [0.15, 0.2) is 0 Å². The number of aliphatic hydroxyl groups is 1. The fourth-order valence-electron chi connectivity index (χ4n) is 7.08. The lowest BCUT2D eigenvalue weighted by Crippen LogP contribution is -2.50. The van der Waals surface area contributed by atoms with Crippen molar-refractivity contribution >= 4 is 0 Å². The van der Waals surface area contributed by atoms with Gasteiger partial charge in [-0.1, -0.05) is 18.9 Å². The van der Waals surface area contributed by atoms with Crippen LogP contribution in [0, 0.1) is 29.6 Å². The van der Waals surface area contributed by atoms with Crippen molar-refractivity contribution in [1.82, 2.24) is 0 Å². The Morgan fingerprint density at radius 2 is 1.93 bits per heavy atom. The second-order valence-corrected chi connectivity index (χ2v) is 9.80. The first kappa shape index (κ1) is 17.6. The van der Waals surface area contributed by atoms with Gasteiger partial charge in [-0.15, -0.1) is 6.42 Å². The van der Waals surface area contributed by atoms with Crippen molar-refractivity contribution in [3.63, 3.8) is 0 Å². The van der Waals surface area contributed by atoms with Crippen LogP contribution in [0.4, 0.5) is 0 Å². The summed E-state index contributed by atoms with van der Waals surface area (Å²) in [5, 5.41) is 11.1. The Labute approximate surface area is 163 Å². The number of fused-ring (bicyclic) bond motifs is 5. The highest BCUT2D eigenvalue weighted by Crippen LogP contribution is 2.64. The van der Waals surface area contributed by atoms with Crippen LogP contribution in [0.25, 0.3) is 0 Å². The Kier molecular flexibility index (Phi) is 4.10. The lowest BCUT2D eigenvalue weighted by atomic mass is 9.53. The Bertz CT molecular complexity index is 771. The minimum absolute atomic E-state index is 0.105. The van der Waals surface area contributed by atoms with Crippen LogP contribution >= 0.6 is 0 Å². The molecular formula is C25H32O2. The Hall–Kier alpha value is -1.46. The molecule has 1 aromatic rings. The van der Waals surface area contributed by atoms with Gasteiger partial charge in [0.1, 0.15) is 11.4 Å². The lowest BCUT2D eigenvalue weighted by molar-refractivity contribution is -0.0647. The normalized spacial score (nSPS) is 40.7. The molecule has 5 atom stereocenters. The van der Waals surface area contributed by atoms with Crippen LogP contribution in [-0.2, 0) is 6.42 Å². The maximum Gasteiger partial charge on any atom is 0.130 e. The van der Waals surface area contributed by atoms with Crippen LogP contribution in [-0.4, -0.2) is 16.8 Å². The van der Waals surface area contributed by atoms with Crippen LogP contribution < -0.4 is 4.74 Å². The molecule has 1 aromatic carbocycles. The number of ether oxygens (including phenoxy) is 1. The monoisotopic (exact) mass is 364 g/mol. The van der Waals surface area contributed by atoms with Crippen molar-refractivity contribution in [2.24, 2.45) is 17.3 Å². The van der Waals surface area contributed by atoms with Gasteiger partial charge in [0.25, 0.3) is 0 Å². The van der Waals surface area contributed by atoms with E-state index in [1.807, 2.05) is 0 Å². The maximum absolute atomic E-state index is 11.1. The highest BCUT2D eigenvalue weighted by molar-refractivity contribution is 5.41. The fraction of sp³-hybridized carbons (Fsp3) is 0.680. The van der Waals surface area contributed by atoms with Crippen LogP contribution in [0.2, 0.25) is 0 Å². The third-order valence-corrected chi connectivity index (χ3v) is 8.69. The van der Waals surface area contributed by atoms with Gasteiger partial charge in [0.2, 0.25) is 0 Å². The van der Waals surface area contributed by atoms with Crippen LogP contribution in [0.1, 0.15) is 81.8 Å². The SMILES string of the molecule is C#C[C@]1(O)CC[C@H]2[C@@H]3CCc4cc(OC5CCCC5)ccc4[C@@H]3CC[C@@]21C. The summed E-state index contributed by atoms with van der Waals surface area (Å²) < 4.78 is 6.25. The van der Waals surface area contributed by atoms with E-state index in [1.165, 1.54) is 37.7 Å². The van der Waals surface area contributed by atoms with Crippen molar-refractivity contribution in [2.45, 2.75) is 88.8 Å². The Balaban J connectivity index is 1.40. The maximum atomic E-state index is 11.1. The summed E-state index contributed by atoms with van der Waals surface area (Å²) in [6.07, 6.45) is 17.6. The predicted octanol–water partition coefficient (Wildman–Crippen LogP) is 5.23. The van der Waals surface area contributed by atoms with E-state index in [2.05, 4.69) is 31.0 Å². The molecule has 1 N–H and O–H groups in total. The fourth-order valence-corrected chi connectivity index (χ4v) is 7.08.